The summed E-state index contributed by atoms with van der Waals surface area (Å²) in [5.74, 6) is 0.702. The lowest BCUT2D eigenvalue weighted by molar-refractivity contribution is -0.143. The lowest BCUT2D eigenvalue weighted by atomic mass is 10.0. The van der Waals surface area contributed by atoms with Gasteiger partial charge in [-0.25, -0.2) is 0 Å². The van der Waals surface area contributed by atoms with Crippen molar-refractivity contribution in [1.82, 2.24) is 15.5 Å². The molecule has 2 N–H and O–H groups in total. The number of hydrogen-bond acceptors (Lipinski definition) is 4. The summed E-state index contributed by atoms with van der Waals surface area (Å²) in [5, 5.41) is 6.67. The molecule has 0 saturated carbocycles. The van der Waals surface area contributed by atoms with E-state index in [1.54, 1.807) is 0 Å². The highest BCUT2D eigenvalue weighted by atomic mass is 16.5. The van der Waals surface area contributed by atoms with Crippen molar-refractivity contribution in [3.8, 4) is 0 Å². The highest BCUT2D eigenvalue weighted by Crippen LogP contribution is 2.18. The first-order valence-electron chi connectivity index (χ1n) is 9.63. The Morgan fingerprint density at radius 3 is 2.79 bits per heavy atom. The smallest absolute Gasteiger partial charge is 0.305 e. The van der Waals surface area contributed by atoms with E-state index in [4.69, 9.17) is 4.74 Å². The molecule has 0 aliphatic carbocycles. The molecule has 1 aliphatic rings. The predicted octanol–water partition coefficient (Wildman–Crippen LogP) is 2.15. The Morgan fingerprint density at radius 1 is 1.25 bits per heavy atom. The molecule has 0 spiro atoms. The van der Waals surface area contributed by atoms with Crippen LogP contribution in [0.4, 0.5) is 0 Å². The maximum atomic E-state index is 11.3. The summed E-state index contributed by atoms with van der Waals surface area (Å²) in [4.78, 5) is 18.4. The van der Waals surface area contributed by atoms with E-state index in [0.29, 0.717) is 19.6 Å². The fourth-order valence-electron chi connectivity index (χ4n) is 3.12. The third kappa shape index (κ3) is 8.52. The molecular formula is C18H36N4O2. The molecule has 1 rings (SSSR count). The molecule has 1 atom stereocenters. The zero-order chi connectivity index (χ0) is 17.6. The van der Waals surface area contributed by atoms with Crippen LogP contribution in [0.15, 0.2) is 4.99 Å². The van der Waals surface area contributed by atoms with Gasteiger partial charge in [0.1, 0.15) is 0 Å². The second kappa shape index (κ2) is 13.0. The largest absolute Gasteiger partial charge is 0.466 e. The number of nitrogens with zero attached hydrogens (tertiary/aromatic N) is 2. The zero-order valence-electron chi connectivity index (χ0n) is 15.8. The van der Waals surface area contributed by atoms with E-state index in [-0.39, 0.29) is 5.97 Å². The SMILES string of the molecule is CCNC(=NCCCC(=O)OCC)NCCN1CCCCC1CC. The minimum absolute atomic E-state index is 0.138. The molecule has 0 aromatic rings. The molecule has 1 aliphatic heterocycles. The molecule has 0 radical (unpaired) electrons. The molecule has 6 nitrogen and oxygen atoms in total. The fraction of sp³-hybridized carbons (Fsp3) is 0.889. The molecule has 0 bridgehead atoms. The fourth-order valence-corrected chi connectivity index (χ4v) is 3.12. The van der Waals surface area contributed by atoms with E-state index in [1.807, 2.05) is 6.92 Å². The number of piperidine rings is 1. The number of ether oxygens (including phenoxy) is 1. The first-order valence-corrected chi connectivity index (χ1v) is 9.63. The van der Waals surface area contributed by atoms with E-state index in [9.17, 15) is 4.79 Å². The standard InChI is InChI=1S/C18H36N4O2/c1-4-16-10-7-8-14-22(16)15-13-21-18(19-5-2)20-12-9-11-17(23)24-6-3/h16H,4-15H2,1-3H3,(H2,19,20,21). The molecule has 1 saturated heterocycles. The monoisotopic (exact) mass is 340 g/mol. The third-order valence-electron chi connectivity index (χ3n) is 4.37. The molecule has 1 unspecified atom stereocenters. The second-order valence-electron chi connectivity index (χ2n) is 6.19. The Balaban J connectivity index is 2.28. The summed E-state index contributed by atoms with van der Waals surface area (Å²) >= 11 is 0. The highest BCUT2D eigenvalue weighted by molar-refractivity contribution is 5.79. The lowest BCUT2D eigenvalue weighted by Gasteiger charge is -2.35. The van der Waals surface area contributed by atoms with Gasteiger partial charge >= 0.3 is 5.97 Å². The van der Waals surface area contributed by atoms with Crippen LogP contribution in [0.2, 0.25) is 0 Å². The topological polar surface area (TPSA) is 66.0 Å². The van der Waals surface area contributed by atoms with Gasteiger partial charge in [0, 0.05) is 38.6 Å². The summed E-state index contributed by atoms with van der Waals surface area (Å²) in [7, 11) is 0. The number of likely N-dealkylation sites (tertiary alicyclic amines) is 1. The molecule has 0 aromatic carbocycles. The van der Waals surface area contributed by atoms with Crippen LogP contribution in [-0.2, 0) is 9.53 Å². The first-order chi connectivity index (χ1) is 11.7. The number of aliphatic imine (C=N–C) groups is 1. The molecule has 0 aromatic heterocycles. The summed E-state index contributed by atoms with van der Waals surface area (Å²) in [5.41, 5.74) is 0. The van der Waals surface area contributed by atoms with Gasteiger partial charge in [0.05, 0.1) is 6.61 Å². The number of esters is 1. The predicted molar refractivity (Wildman–Crippen MR) is 99.4 cm³/mol. The summed E-state index contributed by atoms with van der Waals surface area (Å²) < 4.78 is 4.92. The minimum Gasteiger partial charge on any atom is -0.466 e. The van der Waals surface area contributed by atoms with E-state index in [0.717, 1.165) is 38.1 Å². The molecule has 6 heteroatoms. The van der Waals surface area contributed by atoms with Gasteiger partial charge in [0.25, 0.3) is 0 Å². The number of rotatable bonds is 10. The van der Waals surface area contributed by atoms with Crippen LogP contribution in [0.1, 0.15) is 59.3 Å². The van der Waals surface area contributed by atoms with Crippen LogP contribution in [0.5, 0.6) is 0 Å². The van der Waals surface area contributed by atoms with E-state index < -0.39 is 0 Å². The van der Waals surface area contributed by atoms with Gasteiger partial charge in [-0.1, -0.05) is 13.3 Å². The maximum Gasteiger partial charge on any atom is 0.305 e. The Morgan fingerprint density at radius 2 is 2.08 bits per heavy atom. The average molecular weight is 341 g/mol. The van der Waals surface area contributed by atoms with Crippen molar-refractivity contribution in [2.45, 2.75) is 65.3 Å². The quantitative estimate of drug-likeness (QED) is 0.276. The molecule has 140 valence electrons. The average Bonchev–Trinajstić information content (AvgIpc) is 2.59. The molecule has 1 fully saturated rings. The van der Waals surface area contributed by atoms with Crippen LogP contribution in [0.25, 0.3) is 0 Å². The summed E-state index contributed by atoms with van der Waals surface area (Å²) in [6.45, 7) is 11.3. The van der Waals surface area contributed by atoms with Crippen LogP contribution < -0.4 is 10.6 Å². The zero-order valence-corrected chi connectivity index (χ0v) is 15.8. The van der Waals surface area contributed by atoms with Gasteiger partial charge in [-0.2, -0.15) is 0 Å². The third-order valence-corrected chi connectivity index (χ3v) is 4.37. The number of carbonyl (C=O) groups excluding carboxylic acids is 1. The minimum atomic E-state index is -0.138. The van der Waals surface area contributed by atoms with Gasteiger partial charge in [-0.15, -0.1) is 0 Å². The number of carbonyl (C=O) groups is 1. The normalized spacial score (nSPS) is 19.1. The summed E-state index contributed by atoms with van der Waals surface area (Å²) in [6.07, 6.45) is 6.41. The lowest BCUT2D eigenvalue weighted by Crippen LogP contribution is -2.46. The van der Waals surface area contributed by atoms with Crippen molar-refractivity contribution >= 4 is 11.9 Å². The molecular weight excluding hydrogens is 304 g/mol. The summed E-state index contributed by atoms with van der Waals surface area (Å²) in [6, 6.07) is 0.740. The van der Waals surface area contributed by atoms with Crippen molar-refractivity contribution in [1.29, 1.82) is 0 Å². The Hall–Kier alpha value is -1.30. The van der Waals surface area contributed by atoms with Gasteiger partial charge in [-0.05, 0) is 46.1 Å². The molecule has 24 heavy (non-hydrogen) atoms. The van der Waals surface area contributed by atoms with Crippen LogP contribution in [-0.4, -0.2) is 62.2 Å². The highest BCUT2D eigenvalue weighted by Gasteiger charge is 2.19. The van der Waals surface area contributed by atoms with Gasteiger partial charge < -0.3 is 15.4 Å². The van der Waals surface area contributed by atoms with Crippen molar-refractivity contribution in [2.24, 2.45) is 4.99 Å². The van der Waals surface area contributed by atoms with Gasteiger partial charge in [-0.3, -0.25) is 14.7 Å². The van der Waals surface area contributed by atoms with Crippen molar-refractivity contribution in [3.05, 3.63) is 0 Å². The Bertz CT molecular complexity index is 374. The number of nitrogens with one attached hydrogen (secondary N) is 2. The Kier molecular flexibility index (Phi) is 11.3. The first kappa shape index (κ1) is 20.7. The van der Waals surface area contributed by atoms with Gasteiger partial charge in [0.2, 0.25) is 0 Å². The Labute approximate surface area is 147 Å². The van der Waals surface area contributed by atoms with E-state index in [1.165, 1.54) is 32.2 Å². The number of guanidine groups is 1. The van der Waals surface area contributed by atoms with E-state index >= 15 is 0 Å². The second-order valence-corrected chi connectivity index (χ2v) is 6.19. The van der Waals surface area contributed by atoms with Crippen LogP contribution >= 0.6 is 0 Å². The number of hydrogen-bond donors (Lipinski definition) is 2. The van der Waals surface area contributed by atoms with Crippen LogP contribution in [0.3, 0.4) is 0 Å². The van der Waals surface area contributed by atoms with E-state index in [2.05, 4.69) is 34.4 Å². The van der Waals surface area contributed by atoms with Crippen molar-refractivity contribution in [2.75, 3.05) is 39.3 Å². The van der Waals surface area contributed by atoms with Gasteiger partial charge in [0.15, 0.2) is 5.96 Å². The maximum absolute atomic E-state index is 11.3. The van der Waals surface area contributed by atoms with Crippen molar-refractivity contribution in [3.63, 3.8) is 0 Å². The molecule has 0 amide bonds. The van der Waals surface area contributed by atoms with Crippen LogP contribution in [0, 0.1) is 0 Å². The van der Waals surface area contributed by atoms with Crippen molar-refractivity contribution < 1.29 is 9.53 Å². The molecule has 1 heterocycles.